The van der Waals surface area contributed by atoms with E-state index in [4.69, 9.17) is 4.74 Å². The second kappa shape index (κ2) is 8.44. The van der Waals surface area contributed by atoms with Crippen molar-refractivity contribution < 1.29 is 9.53 Å². The lowest BCUT2D eigenvalue weighted by molar-refractivity contribution is -0.135. The molecule has 0 bridgehead atoms. The molecule has 0 saturated carbocycles. The molecule has 144 valence electrons. The summed E-state index contributed by atoms with van der Waals surface area (Å²) in [6.07, 6.45) is 0. The second-order valence-corrected chi connectivity index (χ2v) is 7.44. The van der Waals surface area contributed by atoms with Gasteiger partial charge in [-0.2, -0.15) is 0 Å². The minimum Gasteiger partial charge on any atom is -0.484 e. The van der Waals surface area contributed by atoms with Gasteiger partial charge in [0, 0.05) is 32.7 Å². The Balaban J connectivity index is 1.26. The van der Waals surface area contributed by atoms with Crippen molar-refractivity contribution in [3.05, 3.63) is 77.9 Å². The van der Waals surface area contributed by atoms with E-state index in [0.29, 0.717) is 0 Å². The van der Waals surface area contributed by atoms with Gasteiger partial charge in [-0.05, 0) is 35.4 Å². The Morgan fingerprint density at radius 1 is 0.893 bits per heavy atom. The number of carbonyl (C=O) groups excluding carboxylic acids is 1. The number of carbonyl (C=O) groups is 1. The maximum absolute atomic E-state index is 12.5. The zero-order valence-corrected chi connectivity index (χ0v) is 16.3. The fraction of sp³-hybridized carbons (Fsp3) is 0.292. The predicted molar refractivity (Wildman–Crippen MR) is 112 cm³/mol. The summed E-state index contributed by atoms with van der Waals surface area (Å²) in [4.78, 5) is 16.8. The molecule has 1 heterocycles. The topological polar surface area (TPSA) is 32.8 Å². The number of rotatable bonds is 5. The molecule has 3 aromatic rings. The van der Waals surface area contributed by atoms with Gasteiger partial charge in [-0.1, -0.05) is 60.2 Å². The molecule has 1 amide bonds. The van der Waals surface area contributed by atoms with Gasteiger partial charge < -0.3 is 9.64 Å². The molecule has 1 fully saturated rings. The fourth-order valence-corrected chi connectivity index (χ4v) is 3.72. The van der Waals surface area contributed by atoms with E-state index in [2.05, 4.69) is 48.2 Å². The molecule has 1 aliphatic rings. The Labute approximate surface area is 166 Å². The largest absolute Gasteiger partial charge is 0.484 e. The Hall–Kier alpha value is -2.85. The standard InChI is InChI=1S/C24H26N2O2/c1-19-5-4-6-20(15-19)17-25-11-13-26(14-12-25)24(27)18-28-23-10-9-21-7-2-3-8-22(21)16-23/h2-10,15-16H,11-14,17-18H2,1H3. The average molecular weight is 374 g/mol. The lowest BCUT2D eigenvalue weighted by atomic mass is 10.1. The molecule has 3 aromatic carbocycles. The van der Waals surface area contributed by atoms with Crippen molar-refractivity contribution in [3.63, 3.8) is 0 Å². The number of amides is 1. The average Bonchev–Trinajstić information content (AvgIpc) is 2.72. The van der Waals surface area contributed by atoms with E-state index in [1.165, 1.54) is 16.5 Å². The van der Waals surface area contributed by atoms with Crippen LogP contribution in [0.15, 0.2) is 66.7 Å². The van der Waals surface area contributed by atoms with Crippen LogP contribution in [0.1, 0.15) is 11.1 Å². The number of ether oxygens (including phenoxy) is 1. The number of fused-ring (bicyclic) bond motifs is 1. The molecular weight excluding hydrogens is 348 g/mol. The van der Waals surface area contributed by atoms with Gasteiger partial charge in [0.15, 0.2) is 6.61 Å². The fourth-order valence-electron chi connectivity index (χ4n) is 3.72. The molecule has 4 rings (SSSR count). The van der Waals surface area contributed by atoms with Crippen LogP contribution < -0.4 is 4.74 Å². The van der Waals surface area contributed by atoms with Gasteiger partial charge in [-0.25, -0.2) is 0 Å². The third kappa shape index (κ3) is 4.52. The van der Waals surface area contributed by atoms with Gasteiger partial charge in [0.1, 0.15) is 5.75 Å². The Bertz CT molecular complexity index is 961. The minimum atomic E-state index is 0.0587. The van der Waals surface area contributed by atoms with E-state index >= 15 is 0 Å². The maximum Gasteiger partial charge on any atom is 0.260 e. The van der Waals surface area contributed by atoms with Crippen molar-refractivity contribution >= 4 is 16.7 Å². The first-order valence-corrected chi connectivity index (χ1v) is 9.85. The van der Waals surface area contributed by atoms with Crippen LogP contribution >= 0.6 is 0 Å². The van der Waals surface area contributed by atoms with Crippen LogP contribution in [0.4, 0.5) is 0 Å². The quantitative estimate of drug-likeness (QED) is 0.680. The van der Waals surface area contributed by atoms with Crippen LogP contribution in [0.2, 0.25) is 0 Å². The zero-order valence-electron chi connectivity index (χ0n) is 16.3. The summed E-state index contributed by atoms with van der Waals surface area (Å²) in [5, 5.41) is 2.29. The highest BCUT2D eigenvalue weighted by atomic mass is 16.5. The van der Waals surface area contributed by atoms with Crippen LogP contribution in [-0.4, -0.2) is 48.5 Å². The normalized spacial score (nSPS) is 15.0. The third-order valence-electron chi connectivity index (χ3n) is 5.30. The summed E-state index contributed by atoms with van der Waals surface area (Å²) in [6, 6.07) is 22.7. The molecule has 4 heteroatoms. The molecule has 28 heavy (non-hydrogen) atoms. The highest BCUT2D eigenvalue weighted by Crippen LogP contribution is 2.20. The highest BCUT2D eigenvalue weighted by Gasteiger charge is 2.21. The van der Waals surface area contributed by atoms with E-state index < -0.39 is 0 Å². The van der Waals surface area contributed by atoms with Crippen molar-refractivity contribution in [2.24, 2.45) is 0 Å². The number of benzene rings is 3. The lowest BCUT2D eigenvalue weighted by Crippen LogP contribution is -2.49. The van der Waals surface area contributed by atoms with Crippen LogP contribution in [0.5, 0.6) is 5.75 Å². The molecular formula is C24H26N2O2. The SMILES string of the molecule is Cc1cccc(CN2CCN(C(=O)COc3ccc4ccccc4c3)CC2)c1. The number of aryl methyl sites for hydroxylation is 1. The number of hydrogen-bond donors (Lipinski definition) is 0. The second-order valence-electron chi connectivity index (χ2n) is 7.44. The third-order valence-corrected chi connectivity index (χ3v) is 5.30. The van der Waals surface area contributed by atoms with Crippen molar-refractivity contribution in [2.75, 3.05) is 32.8 Å². The van der Waals surface area contributed by atoms with Crippen LogP contribution in [0.3, 0.4) is 0 Å². The molecule has 4 nitrogen and oxygen atoms in total. The molecule has 0 aliphatic carbocycles. The predicted octanol–water partition coefficient (Wildman–Crippen LogP) is 3.87. The number of nitrogens with zero attached hydrogens (tertiary/aromatic N) is 2. The molecule has 0 spiro atoms. The molecule has 0 N–H and O–H groups in total. The van der Waals surface area contributed by atoms with E-state index in [-0.39, 0.29) is 12.5 Å². The van der Waals surface area contributed by atoms with Crippen molar-refractivity contribution in [3.8, 4) is 5.75 Å². The van der Waals surface area contributed by atoms with E-state index in [1.54, 1.807) is 0 Å². The van der Waals surface area contributed by atoms with Crippen LogP contribution in [0, 0.1) is 6.92 Å². The monoisotopic (exact) mass is 374 g/mol. The van der Waals surface area contributed by atoms with Crippen molar-refractivity contribution in [1.82, 2.24) is 9.80 Å². The van der Waals surface area contributed by atoms with Gasteiger partial charge in [-0.15, -0.1) is 0 Å². The summed E-state index contributed by atoms with van der Waals surface area (Å²) in [6.45, 7) is 6.46. The van der Waals surface area contributed by atoms with E-state index in [9.17, 15) is 4.79 Å². The first-order chi connectivity index (χ1) is 13.7. The van der Waals surface area contributed by atoms with Gasteiger partial charge >= 0.3 is 0 Å². The van der Waals surface area contributed by atoms with E-state index in [0.717, 1.165) is 43.9 Å². The van der Waals surface area contributed by atoms with Gasteiger partial charge in [-0.3, -0.25) is 9.69 Å². The van der Waals surface area contributed by atoms with Crippen molar-refractivity contribution in [1.29, 1.82) is 0 Å². The molecule has 1 saturated heterocycles. The zero-order chi connectivity index (χ0) is 19.3. The minimum absolute atomic E-state index is 0.0587. The Kier molecular flexibility index (Phi) is 5.58. The first kappa shape index (κ1) is 18.5. The molecule has 0 unspecified atom stereocenters. The van der Waals surface area contributed by atoms with Gasteiger partial charge in [0.2, 0.25) is 0 Å². The summed E-state index contributed by atoms with van der Waals surface area (Å²) >= 11 is 0. The smallest absolute Gasteiger partial charge is 0.260 e. The molecule has 0 atom stereocenters. The maximum atomic E-state index is 12.5. The van der Waals surface area contributed by atoms with Crippen LogP contribution in [0.25, 0.3) is 10.8 Å². The molecule has 1 aliphatic heterocycles. The Morgan fingerprint density at radius 3 is 2.46 bits per heavy atom. The van der Waals surface area contributed by atoms with Gasteiger partial charge in [0.25, 0.3) is 5.91 Å². The summed E-state index contributed by atoms with van der Waals surface area (Å²) < 4.78 is 5.76. The lowest BCUT2D eigenvalue weighted by Gasteiger charge is -2.34. The number of piperazine rings is 1. The summed E-state index contributed by atoms with van der Waals surface area (Å²) in [5.74, 6) is 0.800. The number of hydrogen-bond acceptors (Lipinski definition) is 3. The summed E-state index contributed by atoms with van der Waals surface area (Å²) in [5.41, 5.74) is 2.62. The Morgan fingerprint density at radius 2 is 1.68 bits per heavy atom. The first-order valence-electron chi connectivity index (χ1n) is 9.85. The van der Waals surface area contributed by atoms with Crippen LogP contribution in [-0.2, 0) is 11.3 Å². The molecule has 0 aromatic heterocycles. The molecule has 0 radical (unpaired) electrons. The van der Waals surface area contributed by atoms with E-state index in [1.807, 2.05) is 35.2 Å². The summed E-state index contributed by atoms with van der Waals surface area (Å²) in [7, 11) is 0. The van der Waals surface area contributed by atoms with Crippen molar-refractivity contribution in [2.45, 2.75) is 13.5 Å². The highest BCUT2D eigenvalue weighted by molar-refractivity contribution is 5.84. The van der Waals surface area contributed by atoms with Gasteiger partial charge in [0.05, 0.1) is 0 Å².